The van der Waals surface area contributed by atoms with Gasteiger partial charge in [0, 0.05) is 22.4 Å². The van der Waals surface area contributed by atoms with E-state index in [0.717, 1.165) is 44.3 Å². The van der Waals surface area contributed by atoms with Gasteiger partial charge in [0.25, 0.3) is 5.56 Å². The Kier molecular flexibility index (Phi) is 6.41. The summed E-state index contributed by atoms with van der Waals surface area (Å²) in [5.41, 5.74) is 4.23. The number of aromatic nitrogens is 1. The molecule has 4 aromatic rings. The lowest BCUT2D eigenvalue weighted by atomic mass is 9.94. The summed E-state index contributed by atoms with van der Waals surface area (Å²) in [5, 5.41) is 6.75. The topological polar surface area (TPSA) is 80.4 Å². The average Bonchev–Trinajstić information content (AvgIpc) is 3.24. The maximum absolute atomic E-state index is 12.6. The zero-order chi connectivity index (χ0) is 24.6. The standard InChI is InChI=1S/C27H30N2O4S/c1-15-13-20(32-6)21(22-19-11-12-34-24(19)25(30)29-23(15)22)18-9-7-17(8-10-18)14-16(2)28-26(31)33-27(3,4)5/h7-13,16H,14H2,1-6H3,(H,28,31)(H,29,30). The van der Waals surface area contributed by atoms with Crippen LogP contribution in [0.4, 0.5) is 4.79 Å². The summed E-state index contributed by atoms with van der Waals surface area (Å²) in [6, 6.07) is 12.1. The quantitative estimate of drug-likeness (QED) is 0.359. The molecule has 0 fully saturated rings. The molecule has 2 aromatic heterocycles. The van der Waals surface area contributed by atoms with Crippen molar-refractivity contribution in [2.24, 2.45) is 0 Å². The summed E-state index contributed by atoms with van der Waals surface area (Å²) < 4.78 is 11.8. The van der Waals surface area contributed by atoms with E-state index in [-0.39, 0.29) is 11.6 Å². The first kappa shape index (κ1) is 23.8. The molecule has 7 heteroatoms. The first-order valence-electron chi connectivity index (χ1n) is 11.3. The zero-order valence-electron chi connectivity index (χ0n) is 20.4. The maximum Gasteiger partial charge on any atom is 0.407 e. The molecular weight excluding hydrogens is 448 g/mol. The monoisotopic (exact) mass is 478 g/mol. The van der Waals surface area contributed by atoms with Gasteiger partial charge in [0.1, 0.15) is 16.1 Å². The predicted molar refractivity (Wildman–Crippen MR) is 139 cm³/mol. The van der Waals surface area contributed by atoms with E-state index in [1.54, 1.807) is 7.11 Å². The molecule has 0 aliphatic carbocycles. The molecule has 1 amide bonds. The second-order valence-electron chi connectivity index (χ2n) is 9.59. The maximum atomic E-state index is 12.6. The number of fused-ring (bicyclic) bond motifs is 3. The fourth-order valence-electron chi connectivity index (χ4n) is 4.24. The van der Waals surface area contributed by atoms with Gasteiger partial charge in [-0.25, -0.2) is 4.79 Å². The molecule has 6 nitrogen and oxygen atoms in total. The number of ether oxygens (including phenoxy) is 2. The number of amides is 1. The Morgan fingerprint density at radius 3 is 2.53 bits per heavy atom. The molecule has 0 saturated heterocycles. The summed E-state index contributed by atoms with van der Waals surface area (Å²) in [6.45, 7) is 9.47. The van der Waals surface area contributed by atoms with Crippen LogP contribution in [0.2, 0.25) is 0 Å². The first-order valence-corrected chi connectivity index (χ1v) is 12.1. The second-order valence-corrected chi connectivity index (χ2v) is 10.5. The molecule has 0 aliphatic rings. The van der Waals surface area contributed by atoms with Gasteiger partial charge in [-0.15, -0.1) is 11.3 Å². The van der Waals surface area contributed by atoms with E-state index in [9.17, 15) is 9.59 Å². The van der Waals surface area contributed by atoms with Crippen LogP contribution in [0.25, 0.3) is 32.1 Å². The predicted octanol–water partition coefficient (Wildman–Crippen LogP) is 6.18. The fourth-order valence-corrected chi connectivity index (χ4v) is 5.03. The Balaban J connectivity index is 1.69. The summed E-state index contributed by atoms with van der Waals surface area (Å²) >= 11 is 1.44. The van der Waals surface area contributed by atoms with Crippen molar-refractivity contribution in [3.05, 3.63) is 63.3 Å². The minimum atomic E-state index is -0.528. The largest absolute Gasteiger partial charge is 0.496 e. The van der Waals surface area contributed by atoms with Gasteiger partial charge >= 0.3 is 6.09 Å². The van der Waals surface area contributed by atoms with E-state index in [1.807, 2.05) is 52.1 Å². The number of aromatic amines is 1. The molecule has 34 heavy (non-hydrogen) atoms. The molecule has 0 radical (unpaired) electrons. The Bertz CT molecular complexity index is 1410. The van der Waals surface area contributed by atoms with Crippen molar-refractivity contribution >= 4 is 38.4 Å². The van der Waals surface area contributed by atoms with E-state index in [2.05, 4.69) is 34.6 Å². The van der Waals surface area contributed by atoms with Gasteiger partial charge in [0.05, 0.1) is 12.6 Å². The van der Waals surface area contributed by atoms with Crippen molar-refractivity contribution in [2.45, 2.75) is 52.7 Å². The lowest BCUT2D eigenvalue weighted by Gasteiger charge is -2.22. The number of H-pyrrole nitrogens is 1. The Labute approximate surface area is 202 Å². The molecular formula is C27H30N2O4S. The number of hydrogen-bond donors (Lipinski definition) is 2. The number of aryl methyl sites for hydroxylation is 1. The van der Waals surface area contributed by atoms with Gasteiger partial charge in [0.2, 0.25) is 0 Å². The van der Waals surface area contributed by atoms with Crippen molar-refractivity contribution in [3.8, 4) is 16.9 Å². The van der Waals surface area contributed by atoms with E-state index in [1.165, 1.54) is 11.3 Å². The van der Waals surface area contributed by atoms with E-state index in [0.29, 0.717) is 11.1 Å². The number of rotatable bonds is 5. The number of pyridine rings is 1. The zero-order valence-corrected chi connectivity index (χ0v) is 21.2. The number of methoxy groups -OCH3 is 1. The fraction of sp³-hybridized carbons (Fsp3) is 0.333. The van der Waals surface area contributed by atoms with Crippen LogP contribution in [0.5, 0.6) is 5.75 Å². The molecule has 0 spiro atoms. The number of carbonyl (C=O) groups excluding carboxylic acids is 1. The Morgan fingerprint density at radius 2 is 1.88 bits per heavy atom. The van der Waals surface area contributed by atoms with Gasteiger partial charge in [-0.3, -0.25) is 4.79 Å². The Morgan fingerprint density at radius 1 is 1.18 bits per heavy atom. The number of alkyl carbamates (subject to hydrolysis) is 1. The van der Waals surface area contributed by atoms with E-state index in [4.69, 9.17) is 9.47 Å². The number of benzene rings is 2. The molecule has 1 atom stereocenters. The van der Waals surface area contributed by atoms with E-state index >= 15 is 0 Å². The molecule has 4 rings (SSSR count). The first-order chi connectivity index (χ1) is 16.1. The number of thiophene rings is 1. The third-order valence-corrected chi connectivity index (χ3v) is 6.55. The van der Waals surface area contributed by atoms with Crippen molar-refractivity contribution < 1.29 is 14.3 Å². The van der Waals surface area contributed by atoms with Crippen molar-refractivity contribution in [2.75, 3.05) is 7.11 Å². The van der Waals surface area contributed by atoms with Gasteiger partial charge in [0.15, 0.2) is 0 Å². The van der Waals surface area contributed by atoms with Gasteiger partial charge < -0.3 is 19.8 Å². The molecule has 2 heterocycles. The smallest absolute Gasteiger partial charge is 0.407 e. The molecule has 0 aliphatic heterocycles. The third-order valence-electron chi connectivity index (χ3n) is 5.64. The summed E-state index contributed by atoms with van der Waals surface area (Å²) in [6.07, 6.45) is 0.259. The second kappa shape index (κ2) is 9.14. The number of carbonyl (C=O) groups is 1. The highest BCUT2D eigenvalue weighted by Gasteiger charge is 2.20. The van der Waals surface area contributed by atoms with Crippen LogP contribution in [0.15, 0.2) is 46.6 Å². The Hall–Kier alpha value is -3.32. The summed E-state index contributed by atoms with van der Waals surface area (Å²) in [5.74, 6) is 0.761. The third kappa shape index (κ3) is 4.80. The van der Waals surface area contributed by atoms with Crippen LogP contribution in [0.1, 0.15) is 38.8 Å². The summed E-state index contributed by atoms with van der Waals surface area (Å²) in [7, 11) is 1.67. The van der Waals surface area contributed by atoms with Crippen molar-refractivity contribution in [1.82, 2.24) is 10.3 Å². The van der Waals surface area contributed by atoms with Crippen LogP contribution in [-0.4, -0.2) is 29.8 Å². The normalized spacial score (nSPS) is 12.6. The number of nitrogens with one attached hydrogen (secondary N) is 2. The lowest BCUT2D eigenvalue weighted by Crippen LogP contribution is -2.38. The SMILES string of the molecule is COc1cc(C)c2[nH]c(=O)c3sccc3c2c1-c1ccc(CC(C)NC(=O)OC(C)(C)C)cc1. The minimum absolute atomic E-state index is 0.0708. The summed E-state index contributed by atoms with van der Waals surface area (Å²) in [4.78, 5) is 27.7. The molecule has 1 unspecified atom stereocenters. The lowest BCUT2D eigenvalue weighted by molar-refractivity contribution is 0.0508. The molecule has 2 aromatic carbocycles. The highest BCUT2D eigenvalue weighted by molar-refractivity contribution is 7.17. The van der Waals surface area contributed by atoms with Crippen LogP contribution in [0, 0.1) is 6.92 Å². The van der Waals surface area contributed by atoms with Gasteiger partial charge in [-0.1, -0.05) is 24.3 Å². The van der Waals surface area contributed by atoms with Gasteiger partial charge in [-0.05, 0) is 75.2 Å². The van der Waals surface area contributed by atoms with Crippen LogP contribution < -0.4 is 15.6 Å². The average molecular weight is 479 g/mol. The highest BCUT2D eigenvalue weighted by Crippen LogP contribution is 2.41. The number of hydrogen-bond acceptors (Lipinski definition) is 5. The van der Waals surface area contributed by atoms with E-state index < -0.39 is 11.7 Å². The van der Waals surface area contributed by atoms with Crippen molar-refractivity contribution in [1.29, 1.82) is 0 Å². The van der Waals surface area contributed by atoms with Gasteiger partial charge in [-0.2, -0.15) is 0 Å². The van der Waals surface area contributed by atoms with Crippen LogP contribution >= 0.6 is 11.3 Å². The molecule has 2 N–H and O–H groups in total. The molecule has 0 saturated carbocycles. The minimum Gasteiger partial charge on any atom is -0.496 e. The van der Waals surface area contributed by atoms with Crippen LogP contribution in [-0.2, 0) is 11.2 Å². The molecule has 0 bridgehead atoms. The van der Waals surface area contributed by atoms with Crippen molar-refractivity contribution in [3.63, 3.8) is 0 Å². The van der Waals surface area contributed by atoms with Crippen LogP contribution in [0.3, 0.4) is 0 Å². The molecule has 178 valence electrons. The highest BCUT2D eigenvalue weighted by atomic mass is 32.1.